The summed E-state index contributed by atoms with van der Waals surface area (Å²) < 4.78 is 1.11. The van der Waals surface area contributed by atoms with E-state index in [2.05, 4.69) is 4.98 Å². The molecule has 0 radical (unpaired) electrons. The molecule has 0 fully saturated rings. The van der Waals surface area contributed by atoms with Crippen molar-refractivity contribution in [3.63, 3.8) is 0 Å². The van der Waals surface area contributed by atoms with Crippen LogP contribution < -0.4 is 4.90 Å². The van der Waals surface area contributed by atoms with Crippen molar-refractivity contribution in [2.24, 2.45) is 0 Å². The Hall–Kier alpha value is -3.60. The summed E-state index contributed by atoms with van der Waals surface area (Å²) in [6.45, 7) is 2.00. The van der Waals surface area contributed by atoms with Gasteiger partial charge in [0.15, 0.2) is 11.6 Å². The van der Waals surface area contributed by atoms with Crippen LogP contribution in [0.1, 0.15) is 21.5 Å². The summed E-state index contributed by atoms with van der Waals surface area (Å²) in [5.41, 5.74) is 6.00. The fourth-order valence-electron chi connectivity index (χ4n) is 3.37. The van der Waals surface area contributed by atoms with Gasteiger partial charge in [0.2, 0.25) is 0 Å². The van der Waals surface area contributed by atoms with Crippen LogP contribution in [0.4, 0.5) is 5.69 Å². The van der Waals surface area contributed by atoms with Crippen LogP contribution in [0, 0.1) is 6.92 Å². The van der Waals surface area contributed by atoms with Crippen molar-refractivity contribution in [1.82, 2.24) is 9.71 Å². The molecule has 0 aliphatic carbocycles. The molecule has 0 aliphatic rings. The molecule has 0 aliphatic heterocycles. The molecule has 5 heteroatoms. The van der Waals surface area contributed by atoms with Crippen LogP contribution in [-0.2, 0) is 6.42 Å². The summed E-state index contributed by atoms with van der Waals surface area (Å²) in [6, 6.07) is 21.0. The number of carbonyl (C=O) groups excluding carboxylic acids is 1. The van der Waals surface area contributed by atoms with Crippen LogP contribution in [0.2, 0.25) is 0 Å². The number of hydrogen-bond donors (Lipinski definition) is 1. The number of ketones is 1. The molecular formula is C24H23N3O2. The maximum atomic E-state index is 12.6. The highest BCUT2D eigenvalue weighted by Crippen LogP contribution is 2.25. The van der Waals surface area contributed by atoms with Crippen LogP contribution in [-0.4, -0.2) is 34.8 Å². The quantitative estimate of drug-likeness (QED) is 0.398. The third-order valence-electron chi connectivity index (χ3n) is 5.07. The molecule has 5 nitrogen and oxygen atoms in total. The molecule has 3 aromatic carbocycles. The Bertz CT molecular complexity index is 1170. The van der Waals surface area contributed by atoms with Gasteiger partial charge in [0.1, 0.15) is 5.52 Å². The van der Waals surface area contributed by atoms with Gasteiger partial charge in [-0.2, -0.15) is 4.73 Å². The number of aromatic nitrogens is 2. The van der Waals surface area contributed by atoms with Crippen molar-refractivity contribution >= 4 is 22.5 Å². The van der Waals surface area contributed by atoms with Gasteiger partial charge in [0, 0.05) is 37.3 Å². The van der Waals surface area contributed by atoms with Crippen LogP contribution in [0.5, 0.6) is 0 Å². The van der Waals surface area contributed by atoms with Crippen LogP contribution in [0.25, 0.3) is 22.4 Å². The lowest BCUT2D eigenvalue weighted by Crippen LogP contribution is -2.09. The molecule has 0 atom stereocenters. The monoisotopic (exact) mass is 385 g/mol. The van der Waals surface area contributed by atoms with Gasteiger partial charge in [-0.1, -0.05) is 30.3 Å². The SMILES string of the molecule is Cc1ccc2c(c1)nc(-c1ccc(CC(=O)c3ccc(N(C)C)cc3)cc1)n2O. The van der Waals surface area contributed by atoms with Crippen LogP contribution in [0.15, 0.2) is 66.7 Å². The standard InChI is InChI=1S/C24H23N3O2/c1-16-4-13-22-21(14-16)25-24(27(22)29)19-7-5-17(6-8-19)15-23(28)18-9-11-20(12-10-18)26(2)3/h4-14,29H,15H2,1-3H3. The highest BCUT2D eigenvalue weighted by atomic mass is 16.5. The highest BCUT2D eigenvalue weighted by molar-refractivity contribution is 5.97. The lowest BCUT2D eigenvalue weighted by atomic mass is 10.0. The number of nitrogens with zero attached hydrogens (tertiary/aromatic N) is 3. The van der Waals surface area contributed by atoms with Crippen molar-refractivity contribution in [2.75, 3.05) is 19.0 Å². The van der Waals surface area contributed by atoms with Crippen molar-refractivity contribution in [3.05, 3.63) is 83.4 Å². The number of carbonyl (C=O) groups is 1. The Kier molecular flexibility index (Phi) is 4.80. The average Bonchev–Trinajstić information content (AvgIpc) is 3.04. The Morgan fingerprint density at radius 2 is 1.69 bits per heavy atom. The van der Waals surface area contributed by atoms with Crippen LogP contribution >= 0.6 is 0 Å². The molecule has 146 valence electrons. The van der Waals surface area contributed by atoms with E-state index in [-0.39, 0.29) is 5.78 Å². The number of fused-ring (bicyclic) bond motifs is 1. The van der Waals surface area contributed by atoms with Gasteiger partial charge in [0.25, 0.3) is 0 Å². The Balaban J connectivity index is 1.53. The molecule has 1 N–H and O–H groups in total. The summed E-state index contributed by atoms with van der Waals surface area (Å²) in [7, 11) is 3.94. The second kappa shape index (κ2) is 7.43. The van der Waals surface area contributed by atoms with E-state index in [9.17, 15) is 10.0 Å². The second-order valence-electron chi connectivity index (χ2n) is 7.48. The minimum absolute atomic E-state index is 0.0768. The zero-order valence-corrected chi connectivity index (χ0v) is 16.8. The predicted octanol–water partition coefficient (Wildman–Crippen LogP) is 4.74. The average molecular weight is 385 g/mol. The lowest BCUT2D eigenvalue weighted by Gasteiger charge is -2.12. The van der Waals surface area contributed by atoms with E-state index in [4.69, 9.17) is 0 Å². The summed E-state index contributed by atoms with van der Waals surface area (Å²) >= 11 is 0. The van der Waals surface area contributed by atoms with Crippen molar-refractivity contribution < 1.29 is 10.0 Å². The third kappa shape index (κ3) is 3.72. The number of benzene rings is 3. The van der Waals surface area contributed by atoms with E-state index in [1.54, 1.807) is 0 Å². The van der Waals surface area contributed by atoms with E-state index < -0.39 is 0 Å². The molecule has 4 aromatic rings. The number of imidazole rings is 1. The smallest absolute Gasteiger partial charge is 0.176 e. The first-order valence-corrected chi connectivity index (χ1v) is 9.50. The van der Waals surface area contributed by atoms with Gasteiger partial charge < -0.3 is 10.1 Å². The fraction of sp³-hybridized carbons (Fsp3) is 0.167. The number of aryl methyl sites for hydroxylation is 1. The topological polar surface area (TPSA) is 58.4 Å². The second-order valence-corrected chi connectivity index (χ2v) is 7.48. The molecule has 0 unspecified atom stereocenters. The molecule has 1 heterocycles. The first-order valence-electron chi connectivity index (χ1n) is 9.50. The molecule has 1 aromatic heterocycles. The van der Waals surface area contributed by atoms with E-state index in [1.165, 1.54) is 0 Å². The van der Waals surface area contributed by atoms with Crippen molar-refractivity contribution in [2.45, 2.75) is 13.3 Å². The maximum Gasteiger partial charge on any atom is 0.176 e. The fourth-order valence-corrected chi connectivity index (χ4v) is 3.37. The molecule has 29 heavy (non-hydrogen) atoms. The van der Waals surface area contributed by atoms with Gasteiger partial charge in [-0.15, -0.1) is 0 Å². The van der Waals surface area contributed by atoms with Crippen molar-refractivity contribution in [3.8, 4) is 11.4 Å². The van der Waals surface area contributed by atoms with Gasteiger partial charge in [-0.3, -0.25) is 4.79 Å². The molecule has 0 spiro atoms. The number of anilines is 1. The molecular weight excluding hydrogens is 362 g/mol. The van der Waals surface area contributed by atoms with E-state index >= 15 is 0 Å². The Labute approximate surface area is 169 Å². The van der Waals surface area contributed by atoms with Crippen LogP contribution in [0.3, 0.4) is 0 Å². The minimum Gasteiger partial charge on any atom is -0.426 e. The first kappa shape index (κ1) is 18.7. The zero-order chi connectivity index (χ0) is 20.5. The molecule has 0 amide bonds. The highest BCUT2D eigenvalue weighted by Gasteiger charge is 2.13. The number of rotatable bonds is 5. The molecule has 0 bridgehead atoms. The zero-order valence-electron chi connectivity index (χ0n) is 16.8. The number of hydrogen-bond acceptors (Lipinski definition) is 4. The normalized spacial score (nSPS) is 11.0. The van der Waals surface area contributed by atoms with Crippen molar-refractivity contribution in [1.29, 1.82) is 0 Å². The van der Waals surface area contributed by atoms with Gasteiger partial charge >= 0.3 is 0 Å². The summed E-state index contributed by atoms with van der Waals surface area (Å²) in [5.74, 6) is 0.565. The molecule has 0 saturated carbocycles. The Morgan fingerprint density at radius 1 is 1.00 bits per heavy atom. The van der Waals surface area contributed by atoms with E-state index in [0.29, 0.717) is 23.3 Å². The summed E-state index contributed by atoms with van der Waals surface area (Å²) in [6.07, 6.45) is 0.330. The predicted molar refractivity (Wildman–Crippen MR) is 116 cm³/mol. The minimum atomic E-state index is 0.0768. The first-order chi connectivity index (χ1) is 13.9. The molecule has 0 saturated heterocycles. The van der Waals surface area contributed by atoms with E-state index in [1.807, 2.05) is 92.6 Å². The largest absolute Gasteiger partial charge is 0.426 e. The Morgan fingerprint density at radius 3 is 2.34 bits per heavy atom. The maximum absolute atomic E-state index is 12.6. The number of Topliss-reactive ketones (excluding diaryl/α,β-unsaturated/α-hetero) is 1. The van der Waals surface area contributed by atoms with Gasteiger partial charge in [0.05, 0.1) is 5.52 Å². The third-order valence-corrected chi connectivity index (χ3v) is 5.07. The van der Waals surface area contributed by atoms with Gasteiger partial charge in [-0.05, 0) is 54.4 Å². The molecule has 4 rings (SSSR count). The summed E-state index contributed by atoms with van der Waals surface area (Å²) in [4.78, 5) is 19.1. The van der Waals surface area contributed by atoms with E-state index in [0.717, 1.165) is 32.6 Å². The van der Waals surface area contributed by atoms with Gasteiger partial charge in [-0.25, -0.2) is 4.98 Å². The lowest BCUT2D eigenvalue weighted by molar-refractivity contribution is 0.0993. The summed E-state index contributed by atoms with van der Waals surface area (Å²) in [5, 5.41) is 10.5.